The summed E-state index contributed by atoms with van der Waals surface area (Å²) in [6.07, 6.45) is 0.872. The summed E-state index contributed by atoms with van der Waals surface area (Å²) < 4.78 is 10.3. The molecule has 16 heavy (non-hydrogen) atoms. The van der Waals surface area contributed by atoms with Crippen molar-refractivity contribution in [2.45, 2.75) is 26.9 Å². The Labute approximate surface area is 94.6 Å². The molecule has 4 heteroatoms. The van der Waals surface area contributed by atoms with E-state index in [9.17, 15) is 4.79 Å². The molecular formula is C12H15NO3. The zero-order valence-electron chi connectivity index (χ0n) is 9.58. The molecule has 0 aromatic carbocycles. The second kappa shape index (κ2) is 4.61. The molecule has 1 aromatic rings. The highest BCUT2D eigenvalue weighted by Gasteiger charge is 2.17. The third kappa shape index (κ3) is 2.07. The van der Waals surface area contributed by atoms with Gasteiger partial charge in [0.2, 0.25) is 0 Å². The standard InChI is InChI=1S/C12H15NO3/c1-3-16-12(14)10-6-8(2)9-4-5-15-7-11(9)13-10/h6H,3-5,7H2,1-2H3. The molecule has 1 aromatic heterocycles. The van der Waals surface area contributed by atoms with E-state index in [0.717, 1.165) is 24.3 Å². The molecule has 1 aliphatic heterocycles. The maximum absolute atomic E-state index is 11.6. The summed E-state index contributed by atoms with van der Waals surface area (Å²) in [5.74, 6) is -0.362. The molecule has 0 atom stereocenters. The van der Waals surface area contributed by atoms with E-state index >= 15 is 0 Å². The van der Waals surface area contributed by atoms with Crippen molar-refractivity contribution in [2.24, 2.45) is 0 Å². The highest BCUT2D eigenvalue weighted by molar-refractivity contribution is 5.87. The molecule has 4 nitrogen and oxygen atoms in total. The number of fused-ring (bicyclic) bond motifs is 1. The van der Waals surface area contributed by atoms with Crippen LogP contribution in [-0.4, -0.2) is 24.2 Å². The minimum atomic E-state index is -0.362. The van der Waals surface area contributed by atoms with Crippen LogP contribution in [-0.2, 0) is 22.5 Å². The molecular weight excluding hydrogens is 206 g/mol. The first-order chi connectivity index (χ1) is 7.72. The number of carbonyl (C=O) groups excluding carboxylic acids is 1. The van der Waals surface area contributed by atoms with Gasteiger partial charge in [0.1, 0.15) is 5.69 Å². The predicted molar refractivity (Wildman–Crippen MR) is 58.3 cm³/mol. The maximum Gasteiger partial charge on any atom is 0.356 e. The van der Waals surface area contributed by atoms with Crippen molar-refractivity contribution in [1.29, 1.82) is 0 Å². The van der Waals surface area contributed by atoms with Crippen LogP contribution < -0.4 is 0 Å². The maximum atomic E-state index is 11.6. The van der Waals surface area contributed by atoms with Crippen molar-refractivity contribution in [3.8, 4) is 0 Å². The van der Waals surface area contributed by atoms with Crippen LogP contribution in [0.25, 0.3) is 0 Å². The monoisotopic (exact) mass is 221 g/mol. The van der Waals surface area contributed by atoms with E-state index in [1.807, 2.05) is 6.92 Å². The third-order valence-corrected chi connectivity index (χ3v) is 2.65. The molecule has 0 saturated heterocycles. The predicted octanol–water partition coefficient (Wildman–Crippen LogP) is 1.64. The van der Waals surface area contributed by atoms with Crippen LogP contribution in [0.3, 0.4) is 0 Å². The molecule has 1 aliphatic rings. The van der Waals surface area contributed by atoms with Crippen molar-refractivity contribution in [1.82, 2.24) is 4.98 Å². The SMILES string of the molecule is CCOC(=O)c1cc(C)c2c(n1)COCC2. The van der Waals surface area contributed by atoms with Gasteiger partial charge in [-0.2, -0.15) is 0 Å². The van der Waals surface area contributed by atoms with Crippen LogP contribution >= 0.6 is 0 Å². The molecule has 0 N–H and O–H groups in total. The Balaban J connectivity index is 2.35. The van der Waals surface area contributed by atoms with E-state index in [-0.39, 0.29) is 5.97 Å². The highest BCUT2D eigenvalue weighted by atomic mass is 16.5. The van der Waals surface area contributed by atoms with Gasteiger partial charge in [-0.25, -0.2) is 9.78 Å². The lowest BCUT2D eigenvalue weighted by atomic mass is 10.0. The van der Waals surface area contributed by atoms with Gasteiger partial charge in [0, 0.05) is 0 Å². The molecule has 0 radical (unpaired) electrons. The first-order valence-electron chi connectivity index (χ1n) is 5.46. The van der Waals surface area contributed by atoms with Crippen LogP contribution in [0.1, 0.15) is 34.2 Å². The number of hydrogen-bond donors (Lipinski definition) is 0. The van der Waals surface area contributed by atoms with Crippen LogP contribution in [0.5, 0.6) is 0 Å². The number of pyridine rings is 1. The average Bonchev–Trinajstić information content (AvgIpc) is 2.29. The van der Waals surface area contributed by atoms with Gasteiger partial charge in [-0.05, 0) is 37.5 Å². The van der Waals surface area contributed by atoms with Gasteiger partial charge in [-0.15, -0.1) is 0 Å². The molecule has 0 fully saturated rings. The number of aryl methyl sites for hydroxylation is 1. The normalized spacial score (nSPS) is 14.4. The van der Waals surface area contributed by atoms with Crippen molar-refractivity contribution in [2.75, 3.05) is 13.2 Å². The lowest BCUT2D eigenvalue weighted by Gasteiger charge is -2.18. The van der Waals surface area contributed by atoms with Gasteiger partial charge in [0.15, 0.2) is 0 Å². The van der Waals surface area contributed by atoms with Gasteiger partial charge in [0.25, 0.3) is 0 Å². The van der Waals surface area contributed by atoms with E-state index < -0.39 is 0 Å². The number of hydrogen-bond acceptors (Lipinski definition) is 4. The fourth-order valence-electron chi connectivity index (χ4n) is 1.88. The Morgan fingerprint density at radius 2 is 2.44 bits per heavy atom. The second-order valence-corrected chi connectivity index (χ2v) is 3.77. The molecule has 0 saturated carbocycles. The number of esters is 1. The van der Waals surface area contributed by atoms with Crippen LogP contribution in [0, 0.1) is 6.92 Å². The minimum absolute atomic E-state index is 0.362. The Hall–Kier alpha value is -1.42. The smallest absolute Gasteiger partial charge is 0.356 e. The topological polar surface area (TPSA) is 48.4 Å². The summed E-state index contributed by atoms with van der Waals surface area (Å²) in [5.41, 5.74) is 3.55. The van der Waals surface area contributed by atoms with E-state index in [1.165, 1.54) is 5.56 Å². The van der Waals surface area contributed by atoms with E-state index in [4.69, 9.17) is 9.47 Å². The first kappa shape index (κ1) is 11.1. The second-order valence-electron chi connectivity index (χ2n) is 3.77. The van der Waals surface area contributed by atoms with Gasteiger partial charge in [-0.1, -0.05) is 0 Å². The van der Waals surface area contributed by atoms with Crippen molar-refractivity contribution < 1.29 is 14.3 Å². The number of nitrogens with zero attached hydrogens (tertiary/aromatic N) is 1. The highest BCUT2D eigenvalue weighted by Crippen LogP contribution is 2.20. The summed E-state index contributed by atoms with van der Waals surface area (Å²) in [6, 6.07) is 1.79. The molecule has 0 unspecified atom stereocenters. The lowest BCUT2D eigenvalue weighted by molar-refractivity contribution is 0.0517. The van der Waals surface area contributed by atoms with Crippen molar-refractivity contribution >= 4 is 5.97 Å². The Bertz CT molecular complexity index is 415. The molecule has 86 valence electrons. The molecule has 0 amide bonds. The van der Waals surface area contributed by atoms with E-state index in [1.54, 1.807) is 13.0 Å². The number of rotatable bonds is 2. The molecule has 2 heterocycles. The largest absolute Gasteiger partial charge is 0.461 e. The summed E-state index contributed by atoms with van der Waals surface area (Å²) in [7, 11) is 0. The minimum Gasteiger partial charge on any atom is -0.461 e. The number of ether oxygens (including phenoxy) is 2. The number of carbonyl (C=O) groups is 1. The fourth-order valence-corrected chi connectivity index (χ4v) is 1.88. The Kier molecular flexibility index (Phi) is 3.19. The summed E-state index contributed by atoms with van der Waals surface area (Å²) >= 11 is 0. The van der Waals surface area contributed by atoms with Gasteiger partial charge in [-0.3, -0.25) is 0 Å². The summed E-state index contributed by atoms with van der Waals surface area (Å²) in [6.45, 7) is 5.37. The van der Waals surface area contributed by atoms with Crippen LogP contribution in [0.15, 0.2) is 6.07 Å². The third-order valence-electron chi connectivity index (χ3n) is 2.65. The Morgan fingerprint density at radius 3 is 3.19 bits per heavy atom. The fraction of sp³-hybridized carbons (Fsp3) is 0.500. The van der Waals surface area contributed by atoms with Gasteiger partial charge < -0.3 is 9.47 Å². The van der Waals surface area contributed by atoms with Gasteiger partial charge >= 0.3 is 5.97 Å². The first-order valence-corrected chi connectivity index (χ1v) is 5.46. The molecule has 2 rings (SSSR count). The lowest BCUT2D eigenvalue weighted by Crippen LogP contribution is -2.17. The summed E-state index contributed by atoms with van der Waals surface area (Å²) in [4.78, 5) is 15.9. The summed E-state index contributed by atoms with van der Waals surface area (Å²) in [5, 5.41) is 0. The number of aromatic nitrogens is 1. The van der Waals surface area contributed by atoms with E-state index in [2.05, 4.69) is 4.98 Å². The molecule has 0 bridgehead atoms. The van der Waals surface area contributed by atoms with Crippen molar-refractivity contribution in [3.63, 3.8) is 0 Å². The van der Waals surface area contributed by atoms with Crippen molar-refractivity contribution in [3.05, 3.63) is 28.6 Å². The average molecular weight is 221 g/mol. The molecule has 0 aliphatic carbocycles. The zero-order valence-corrected chi connectivity index (χ0v) is 9.58. The van der Waals surface area contributed by atoms with Crippen LogP contribution in [0.4, 0.5) is 0 Å². The van der Waals surface area contributed by atoms with Crippen LogP contribution in [0.2, 0.25) is 0 Å². The van der Waals surface area contributed by atoms with Gasteiger partial charge in [0.05, 0.1) is 25.5 Å². The quantitative estimate of drug-likeness (QED) is 0.712. The molecule has 0 spiro atoms. The zero-order chi connectivity index (χ0) is 11.5. The van der Waals surface area contributed by atoms with E-state index in [0.29, 0.717) is 18.9 Å². The Morgan fingerprint density at radius 1 is 1.62 bits per heavy atom.